The van der Waals surface area contributed by atoms with Crippen molar-refractivity contribution in [2.75, 3.05) is 6.61 Å². The smallest absolute Gasteiger partial charge is 0.433 e. The topological polar surface area (TPSA) is 105 Å². The molecule has 0 aliphatic carbocycles. The molecule has 0 aliphatic rings. The van der Waals surface area contributed by atoms with Crippen LogP contribution in [0, 0.1) is 24.0 Å². The highest BCUT2D eigenvalue weighted by Crippen LogP contribution is 2.20. The van der Waals surface area contributed by atoms with Crippen molar-refractivity contribution in [1.82, 2.24) is 4.57 Å². The first kappa shape index (κ1) is 19.2. The van der Waals surface area contributed by atoms with Gasteiger partial charge in [0, 0.05) is 29.1 Å². The van der Waals surface area contributed by atoms with Gasteiger partial charge in [-0.15, -0.1) is 0 Å². The molecule has 8 nitrogen and oxygen atoms in total. The summed E-state index contributed by atoms with van der Waals surface area (Å²) >= 11 is 0. The van der Waals surface area contributed by atoms with Crippen LogP contribution in [0.5, 0.6) is 0 Å². The second kappa shape index (κ2) is 7.81. The standard InChI is InChI=1S/C18H20N2O6/c1-11(2)19-12(3)9-15(13(19)4)16(21)10-25-18(22)8-6-14-5-7-17(26-14)20(23)24/h5-9,11H,10H2,1-4H3/b8-6+. The largest absolute Gasteiger partial charge is 0.454 e. The monoisotopic (exact) mass is 360 g/mol. The summed E-state index contributed by atoms with van der Waals surface area (Å²) in [6, 6.07) is 4.54. The Morgan fingerprint density at radius 1 is 1.35 bits per heavy atom. The summed E-state index contributed by atoms with van der Waals surface area (Å²) in [7, 11) is 0. The van der Waals surface area contributed by atoms with Crippen LogP contribution >= 0.6 is 0 Å². The minimum Gasteiger partial charge on any atom is -0.454 e. The van der Waals surface area contributed by atoms with E-state index in [4.69, 9.17) is 9.15 Å². The van der Waals surface area contributed by atoms with Gasteiger partial charge in [-0.3, -0.25) is 14.9 Å². The van der Waals surface area contributed by atoms with Crippen LogP contribution in [0.25, 0.3) is 6.08 Å². The lowest BCUT2D eigenvalue weighted by molar-refractivity contribution is -0.402. The number of furan rings is 1. The van der Waals surface area contributed by atoms with E-state index in [1.54, 1.807) is 6.07 Å². The van der Waals surface area contributed by atoms with Crippen molar-refractivity contribution in [3.8, 4) is 0 Å². The number of rotatable bonds is 7. The van der Waals surface area contributed by atoms with Gasteiger partial charge in [0.2, 0.25) is 5.78 Å². The highest BCUT2D eigenvalue weighted by Gasteiger charge is 2.18. The van der Waals surface area contributed by atoms with Crippen LogP contribution in [-0.4, -0.2) is 27.8 Å². The number of hydrogen-bond donors (Lipinski definition) is 0. The van der Waals surface area contributed by atoms with E-state index in [1.165, 1.54) is 18.2 Å². The molecule has 0 fully saturated rings. The number of carbonyl (C=O) groups is 2. The molecule has 2 aromatic heterocycles. The molecule has 0 atom stereocenters. The number of hydrogen-bond acceptors (Lipinski definition) is 6. The van der Waals surface area contributed by atoms with Gasteiger partial charge in [-0.25, -0.2) is 4.79 Å². The predicted octanol–water partition coefficient (Wildman–Crippen LogP) is 3.63. The zero-order valence-corrected chi connectivity index (χ0v) is 15.0. The molecule has 0 radical (unpaired) electrons. The number of esters is 1. The van der Waals surface area contributed by atoms with Gasteiger partial charge in [0.25, 0.3) is 0 Å². The highest BCUT2D eigenvalue weighted by molar-refractivity contribution is 6.00. The van der Waals surface area contributed by atoms with Crippen molar-refractivity contribution in [3.63, 3.8) is 0 Å². The van der Waals surface area contributed by atoms with Crippen molar-refractivity contribution in [2.45, 2.75) is 33.7 Å². The summed E-state index contributed by atoms with van der Waals surface area (Å²) in [6.07, 6.45) is 2.29. The fraction of sp³-hybridized carbons (Fsp3) is 0.333. The Labute approximate surface area is 150 Å². The molecule has 2 heterocycles. The summed E-state index contributed by atoms with van der Waals surface area (Å²) in [6.45, 7) is 7.44. The number of aromatic nitrogens is 1. The molecule has 2 aromatic rings. The maximum absolute atomic E-state index is 12.3. The Morgan fingerprint density at radius 3 is 2.58 bits per heavy atom. The third-order valence-electron chi connectivity index (χ3n) is 3.82. The number of ketones is 1. The van der Waals surface area contributed by atoms with Crippen molar-refractivity contribution < 1.29 is 23.7 Å². The summed E-state index contributed by atoms with van der Waals surface area (Å²) in [4.78, 5) is 33.9. The molecule has 0 spiro atoms. The van der Waals surface area contributed by atoms with Crippen LogP contribution in [0.3, 0.4) is 0 Å². The fourth-order valence-electron chi connectivity index (χ4n) is 2.80. The Morgan fingerprint density at radius 2 is 2.04 bits per heavy atom. The molecule has 8 heteroatoms. The number of Topliss-reactive ketones (excluding diaryl/α,β-unsaturated/α-hetero) is 1. The number of nitrogens with zero attached hydrogens (tertiary/aromatic N) is 2. The maximum Gasteiger partial charge on any atom is 0.433 e. The minimum absolute atomic E-state index is 0.139. The van der Waals surface area contributed by atoms with E-state index in [-0.39, 0.29) is 24.2 Å². The minimum atomic E-state index is -0.741. The number of ether oxygens (including phenoxy) is 1. The molecule has 2 rings (SSSR count). The van der Waals surface area contributed by atoms with Gasteiger partial charge < -0.3 is 13.7 Å². The lowest BCUT2D eigenvalue weighted by atomic mass is 10.1. The van der Waals surface area contributed by atoms with Gasteiger partial charge >= 0.3 is 11.9 Å². The third kappa shape index (κ3) is 4.27. The van der Waals surface area contributed by atoms with Gasteiger partial charge in [-0.05, 0) is 45.9 Å². The van der Waals surface area contributed by atoms with Crippen molar-refractivity contribution in [3.05, 3.63) is 57.1 Å². The average molecular weight is 360 g/mol. The van der Waals surface area contributed by atoms with E-state index < -0.39 is 16.8 Å². The first-order chi connectivity index (χ1) is 12.2. The molecule has 0 aliphatic heterocycles. The predicted molar refractivity (Wildman–Crippen MR) is 94.0 cm³/mol. The molecular formula is C18H20N2O6. The zero-order chi connectivity index (χ0) is 19.4. The SMILES string of the molecule is Cc1cc(C(=O)COC(=O)/C=C/c2ccc([N+](=O)[O-])o2)c(C)n1C(C)C. The second-order valence-corrected chi connectivity index (χ2v) is 6.05. The summed E-state index contributed by atoms with van der Waals surface area (Å²) in [5.41, 5.74) is 2.32. The molecule has 0 amide bonds. The van der Waals surface area contributed by atoms with Gasteiger partial charge in [0.1, 0.15) is 10.7 Å². The normalized spacial score (nSPS) is 11.3. The second-order valence-electron chi connectivity index (χ2n) is 6.05. The van der Waals surface area contributed by atoms with Gasteiger partial charge in [-0.2, -0.15) is 0 Å². The molecule has 0 saturated carbocycles. The molecule has 0 aromatic carbocycles. The molecule has 0 unspecified atom stereocenters. The van der Waals surface area contributed by atoms with Crippen molar-refractivity contribution in [2.24, 2.45) is 0 Å². The van der Waals surface area contributed by atoms with Crippen LogP contribution in [-0.2, 0) is 9.53 Å². The number of carbonyl (C=O) groups excluding carboxylic acids is 2. The molecule has 0 N–H and O–H groups in total. The van der Waals surface area contributed by atoms with Gasteiger partial charge in [0.05, 0.1) is 6.07 Å². The third-order valence-corrected chi connectivity index (χ3v) is 3.82. The summed E-state index contributed by atoms with van der Waals surface area (Å²) < 4.78 is 11.9. The van der Waals surface area contributed by atoms with E-state index >= 15 is 0 Å². The summed E-state index contributed by atoms with van der Waals surface area (Å²) in [5.74, 6) is -1.32. The molecule has 26 heavy (non-hydrogen) atoms. The first-order valence-corrected chi connectivity index (χ1v) is 8.01. The van der Waals surface area contributed by atoms with Gasteiger partial charge in [-0.1, -0.05) is 0 Å². The van der Waals surface area contributed by atoms with Crippen molar-refractivity contribution >= 4 is 23.7 Å². The molecular weight excluding hydrogens is 340 g/mol. The number of aryl methyl sites for hydroxylation is 1. The van der Waals surface area contributed by atoms with Crippen molar-refractivity contribution in [1.29, 1.82) is 0 Å². The van der Waals surface area contributed by atoms with E-state index in [1.807, 2.05) is 32.3 Å². The van der Waals surface area contributed by atoms with Gasteiger partial charge in [0.15, 0.2) is 6.61 Å². The van der Waals surface area contributed by atoms with Crippen LogP contribution in [0.2, 0.25) is 0 Å². The Hall–Kier alpha value is -3.16. The maximum atomic E-state index is 12.3. The quantitative estimate of drug-likeness (QED) is 0.245. The zero-order valence-electron chi connectivity index (χ0n) is 15.0. The van der Waals surface area contributed by atoms with E-state index in [9.17, 15) is 19.7 Å². The van der Waals surface area contributed by atoms with Crippen LogP contribution in [0.4, 0.5) is 5.88 Å². The highest BCUT2D eigenvalue weighted by atomic mass is 16.6. The van der Waals surface area contributed by atoms with E-state index in [0.717, 1.165) is 17.5 Å². The Balaban J connectivity index is 1.96. The first-order valence-electron chi connectivity index (χ1n) is 8.01. The van der Waals surface area contributed by atoms with Crippen LogP contribution < -0.4 is 0 Å². The molecule has 138 valence electrons. The summed E-state index contributed by atoms with van der Waals surface area (Å²) in [5, 5.41) is 10.5. The number of nitro groups is 1. The Kier molecular flexibility index (Phi) is 5.76. The lowest BCUT2D eigenvalue weighted by Gasteiger charge is -2.13. The lowest BCUT2D eigenvalue weighted by Crippen LogP contribution is -2.14. The van der Waals surface area contributed by atoms with E-state index in [2.05, 4.69) is 0 Å². The fourth-order valence-corrected chi connectivity index (χ4v) is 2.80. The van der Waals surface area contributed by atoms with Crippen LogP contribution in [0.1, 0.15) is 47.4 Å². The van der Waals surface area contributed by atoms with Crippen LogP contribution in [0.15, 0.2) is 28.7 Å². The Bertz CT molecular complexity index is 872. The van der Waals surface area contributed by atoms with E-state index in [0.29, 0.717) is 5.56 Å². The average Bonchev–Trinajstić information content (AvgIpc) is 3.15. The molecule has 0 bridgehead atoms. The molecule has 0 saturated heterocycles.